The minimum absolute atomic E-state index is 0.00614. The number of aryl methyl sites for hydroxylation is 3. The number of aromatic hydroxyl groups is 4. The normalized spacial score (nSPS) is 13.2. The second-order valence-corrected chi connectivity index (χ2v) is 50.5. The number of H-pyrrole nitrogens is 1. The summed E-state index contributed by atoms with van der Waals surface area (Å²) in [6, 6.07) is 27.7. The average Bonchev–Trinajstić information content (AvgIpc) is 1.06. The fourth-order valence-corrected chi connectivity index (χ4v) is 20.7. The van der Waals surface area contributed by atoms with E-state index >= 15 is 0 Å². The Morgan fingerprint density at radius 1 is 0.522 bits per heavy atom. The first-order valence-corrected chi connectivity index (χ1v) is 56.3. The molecule has 0 saturated carbocycles. The first kappa shape index (κ1) is 114. The van der Waals surface area contributed by atoms with Crippen LogP contribution in [0.5, 0.6) is 23.0 Å². The van der Waals surface area contributed by atoms with Crippen LogP contribution in [0.25, 0.3) is 42.3 Å². The molecule has 0 amide bonds. The second kappa shape index (κ2) is 47.5. The van der Waals surface area contributed by atoms with Crippen molar-refractivity contribution in [3.05, 3.63) is 195 Å². The number of benzene rings is 3. The number of ether oxygens (including phenoxy) is 2. The third-order valence-corrected chi connectivity index (χ3v) is 29.7. The largest absolute Gasteiger partial charge is 0.505 e. The van der Waals surface area contributed by atoms with Crippen molar-refractivity contribution in [1.82, 2.24) is 44.3 Å². The standard InChI is InChI=1S/C23H27N5O6S3.C21H21IN4O4S2.C17H22N2O4S.C11H10N2O4S.C6H7IN2O2S.C6H13I.C2H7NO2S/c1-23(2,3)10-11-28-22(30)18(20(29)19(25-28)16-7-6-12-35-16)21-24-15-9-8-14(27(4)36(5,31)32)13-17(15)37(33,34)26-21;1-21(2,3)8-9-26-20(28)16(18(27)17(24-26)14-5-4-10-31-14)19-23-13-7-6-12(22)11-15(13)32(29,30)25-19;1-5-23-16(22)12-14(20)13(11-7-6-10-24-11)18-19(15(12)21)9-8-17(2,3)4;1-2-17-11(16)7-9(14)8(12-13-10(7)15)6-4-3-5-18-6;7-4-1-2-5(8)6(3-4)12(9,10)11;1-6(2,3)4-5-7;1-3-6(2,4)5/h6-9,12-13,29H,10-11H2,1-5H3,(H,24,26);4-7,10-11,27H,8-9H2,1-3H3,(H,23,25);6-7,10,20H,5,8-9H2,1-4H3;3-5H,2H2,1H3,(H2,13,14,15);1-3H,8H2,(H2,9,10,11);4-5H2,1-3H3;3H,1-2H3. The van der Waals surface area contributed by atoms with Gasteiger partial charge in [-0.1, -0.05) is 130 Å². The van der Waals surface area contributed by atoms with E-state index in [-0.39, 0.29) is 119 Å². The van der Waals surface area contributed by atoms with E-state index in [0.29, 0.717) is 63.0 Å². The van der Waals surface area contributed by atoms with Gasteiger partial charge in [-0.2, -0.15) is 37.2 Å². The van der Waals surface area contributed by atoms with Crippen LogP contribution in [-0.2, 0) is 79.2 Å². The Morgan fingerprint density at radius 2 is 0.875 bits per heavy atom. The Morgan fingerprint density at radius 3 is 1.22 bits per heavy atom. The molecule has 3 aromatic carbocycles. The van der Waals surface area contributed by atoms with Crippen molar-refractivity contribution in [2.75, 3.05) is 64.9 Å². The van der Waals surface area contributed by atoms with Crippen LogP contribution in [0.4, 0.5) is 22.7 Å². The molecule has 0 radical (unpaired) electrons. The number of aromatic amines is 1. The van der Waals surface area contributed by atoms with E-state index in [0.717, 1.165) is 24.0 Å². The number of thiophene rings is 4. The van der Waals surface area contributed by atoms with Crippen LogP contribution < -0.4 is 52.8 Å². The number of carbonyl (C=O) groups excluding carboxylic acids is 2. The van der Waals surface area contributed by atoms with Crippen molar-refractivity contribution in [3.63, 3.8) is 0 Å². The fourth-order valence-electron chi connectivity index (χ4n) is 11.4. The maximum Gasteiger partial charge on any atom is 0.347 e. The average molecular weight is 2390 g/mol. The van der Waals surface area contributed by atoms with Gasteiger partial charge in [0.2, 0.25) is 30.1 Å². The number of nitrogens with one attached hydrogen (secondary N) is 4. The lowest BCUT2D eigenvalue weighted by Crippen LogP contribution is -2.34. The van der Waals surface area contributed by atoms with E-state index in [4.69, 9.17) is 20.3 Å². The molecular formula is C86H107I3N16O22S9. The van der Waals surface area contributed by atoms with Crippen LogP contribution in [0.1, 0.15) is 154 Å². The lowest BCUT2D eigenvalue weighted by atomic mass is 9.92. The number of fused-ring (bicyclic) bond motifs is 2. The molecule has 13 rings (SSSR count). The number of nitrogens with two attached hydrogens (primary N) is 2. The first-order valence-electron chi connectivity index (χ1n) is 41.0. The van der Waals surface area contributed by atoms with E-state index in [2.05, 4.69) is 135 Å². The molecule has 136 heavy (non-hydrogen) atoms. The van der Waals surface area contributed by atoms with Crippen LogP contribution in [0.3, 0.4) is 0 Å². The molecule has 12 N–H and O–H groups in total. The number of sulfonamides is 5. The Hall–Kier alpha value is -9.48. The number of hydrogen-bond donors (Lipinski definition) is 10. The van der Waals surface area contributed by atoms with Crippen molar-refractivity contribution >= 4 is 210 Å². The van der Waals surface area contributed by atoms with Crippen LogP contribution >= 0.6 is 113 Å². The van der Waals surface area contributed by atoms with Gasteiger partial charge in [0, 0.05) is 38.2 Å². The highest BCUT2D eigenvalue weighted by molar-refractivity contribution is 14.1. The Bertz CT molecular complexity index is 7070. The van der Waals surface area contributed by atoms with Gasteiger partial charge in [0.1, 0.15) is 48.6 Å². The molecular weight excluding hydrogens is 2280 g/mol. The van der Waals surface area contributed by atoms with Crippen LogP contribution in [0.15, 0.2) is 167 Å². The van der Waals surface area contributed by atoms with Gasteiger partial charge in [0.05, 0.1) is 68.0 Å². The lowest BCUT2D eigenvalue weighted by Gasteiger charge is -2.23. The molecule has 0 unspecified atom stereocenters. The summed E-state index contributed by atoms with van der Waals surface area (Å²) in [5, 5.41) is 79.4. The van der Waals surface area contributed by atoms with E-state index in [1.165, 1.54) is 121 Å². The monoisotopic (exact) mass is 2380 g/mol. The topological polar surface area (TPSA) is 571 Å². The number of nitrogens with zero attached hydrogens (tertiary/aromatic N) is 10. The van der Waals surface area contributed by atoms with Crippen molar-refractivity contribution in [3.8, 4) is 65.3 Å². The molecule has 0 saturated heterocycles. The summed E-state index contributed by atoms with van der Waals surface area (Å²) >= 11 is 11.8. The molecule has 0 aliphatic carbocycles. The number of nitrogen functional groups attached to an aromatic ring is 1. The molecule has 8 aromatic heterocycles. The van der Waals surface area contributed by atoms with Crippen LogP contribution in [-0.4, -0.2) is 170 Å². The second-order valence-electron chi connectivity index (χ2n) is 34.5. The van der Waals surface area contributed by atoms with Crippen molar-refractivity contribution in [1.29, 1.82) is 0 Å². The number of anilines is 4. The summed E-state index contributed by atoms with van der Waals surface area (Å²) in [7, 11) is -16.0. The minimum Gasteiger partial charge on any atom is -0.505 e. The zero-order valence-corrected chi connectivity index (χ0v) is 91.1. The fraction of sp³-hybridized carbons (Fsp3) is 0.372. The molecule has 11 aromatic rings. The third kappa shape index (κ3) is 32.0. The van der Waals surface area contributed by atoms with E-state index < -0.39 is 113 Å². The molecule has 0 spiro atoms. The summed E-state index contributed by atoms with van der Waals surface area (Å²) in [6.45, 7) is 29.6. The number of primary sulfonamides is 1. The molecule has 0 fully saturated rings. The zero-order valence-electron chi connectivity index (χ0n) is 77.3. The summed E-state index contributed by atoms with van der Waals surface area (Å²) in [4.78, 5) is 76.9. The van der Waals surface area contributed by atoms with Crippen molar-refractivity contribution in [2.24, 2.45) is 35.6 Å². The molecule has 0 atom stereocenters. The smallest absolute Gasteiger partial charge is 0.347 e. The molecule has 38 nitrogen and oxygen atoms in total. The van der Waals surface area contributed by atoms with Crippen LogP contribution in [0.2, 0.25) is 0 Å². The third-order valence-electron chi connectivity index (χ3n) is 18.8. The molecule has 738 valence electrons. The predicted octanol–water partition coefficient (Wildman–Crippen LogP) is 14.6. The number of halogens is 3. The Labute approximate surface area is 845 Å². The van der Waals surface area contributed by atoms with E-state index in [9.17, 15) is 91.3 Å². The van der Waals surface area contributed by atoms with Crippen molar-refractivity contribution < 1.29 is 81.6 Å². The zero-order chi connectivity index (χ0) is 102. The summed E-state index contributed by atoms with van der Waals surface area (Å²) < 4.78 is 144. The van der Waals surface area contributed by atoms with Gasteiger partial charge in [-0.15, -0.1) is 54.1 Å². The summed E-state index contributed by atoms with van der Waals surface area (Å²) in [5.41, 5.74) is 3.19. The number of amidine groups is 2. The van der Waals surface area contributed by atoms with E-state index in [1.54, 1.807) is 79.2 Å². The highest BCUT2D eigenvalue weighted by atomic mass is 127. The number of carbonyl (C=O) groups is 2. The summed E-state index contributed by atoms with van der Waals surface area (Å²) in [5.74, 6) is -4.03. The van der Waals surface area contributed by atoms with E-state index in [1.807, 2.05) is 88.8 Å². The molecule has 2 aliphatic rings. The maximum atomic E-state index is 13.5. The Kier molecular flexibility index (Phi) is 39.6. The molecule has 2 aliphatic heterocycles. The number of aromatic nitrogens is 8. The number of esters is 2. The maximum absolute atomic E-state index is 13.5. The lowest BCUT2D eigenvalue weighted by molar-refractivity contribution is 0.0509. The van der Waals surface area contributed by atoms with Gasteiger partial charge in [-0.05, 0) is 214 Å². The van der Waals surface area contributed by atoms with Crippen LogP contribution in [0, 0.1) is 28.8 Å². The highest BCUT2D eigenvalue weighted by Gasteiger charge is 2.36. The van der Waals surface area contributed by atoms with Gasteiger partial charge >= 0.3 is 11.9 Å². The molecule has 10 heterocycles. The highest BCUT2D eigenvalue weighted by Crippen LogP contribution is 2.41. The van der Waals surface area contributed by atoms with Gasteiger partial charge in [0.25, 0.3) is 42.3 Å². The predicted molar refractivity (Wildman–Crippen MR) is 560 cm³/mol. The number of rotatable bonds is 21. The SMILES string of the molecule is CC(C)(C)CCI.CC(C)(C)CCn1nc(-c2cccs2)c(O)c(C2=NS(=O)(=O)c3cc(I)ccc3N2)c1=O.CCOC(=O)c1c(O)c(-c2cccs2)n[nH]c1=O.CCOC(=O)c1c(O)c(-c2cccs2)nn(CCC(C)(C)C)c1=O.CN(c1ccc2c(c1)S(=O)(=O)N=C(c1c(O)c(-c3cccs3)nn(CCC(C)(C)C)c1=O)N2)S(C)(=O)=O.CNS(C)(=O)=O.Nc1ccc(I)cc1S(N)(=O)=O. The number of alkyl halides is 1. The van der Waals surface area contributed by atoms with Crippen molar-refractivity contribution in [2.45, 2.75) is 157 Å². The molecule has 50 heteroatoms. The quantitative estimate of drug-likeness (QED) is 0.0138. The van der Waals surface area contributed by atoms with Gasteiger partial charge in [0.15, 0.2) is 45.8 Å². The van der Waals surface area contributed by atoms with Gasteiger partial charge in [-0.25, -0.2) is 63.8 Å². The minimum atomic E-state index is -4.36. The first-order chi connectivity index (χ1) is 63.0. The summed E-state index contributed by atoms with van der Waals surface area (Å²) in [6.07, 6.45) is 5.40. The Balaban J connectivity index is 0.000000232. The molecule has 0 bridgehead atoms. The van der Waals surface area contributed by atoms with Gasteiger partial charge in [-0.3, -0.25) is 23.5 Å². The van der Waals surface area contributed by atoms with Gasteiger partial charge < -0.3 is 46.3 Å². The number of hydrogen-bond acceptors (Lipinski definition) is 33.